The van der Waals surface area contributed by atoms with Gasteiger partial charge in [0.05, 0.1) is 11.6 Å². The number of aromatic nitrogens is 6. The van der Waals surface area contributed by atoms with E-state index < -0.39 is 5.41 Å². The minimum absolute atomic E-state index is 0. The molecule has 0 aliphatic carbocycles. The van der Waals surface area contributed by atoms with Gasteiger partial charge in [0.1, 0.15) is 0 Å². The minimum Gasteiger partial charge on any atom is -0.343 e. The summed E-state index contributed by atoms with van der Waals surface area (Å²) in [6.45, 7) is 26.8. The Labute approximate surface area is 254 Å². The smallest absolute Gasteiger partial charge is 0.343 e. The quantitative estimate of drug-likeness (QED) is 0.185. The van der Waals surface area contributed by atoms with Gasteiger partial charge in [-0.1, -0.05) is 106 Å². The number of nitrogens with zero attached hydrogens (tertiary/aromatic N) is 6. The third-order valence-electron chi connectivity index (χ3n) is 8.73. The van der Waals surface area contributed by atoms with Gasteiger partial charge in [-0.2, -0.15) is 0 Å². The molecule has 0 N–H and O–H groups in total. The van der Waals surface area contributed by atoms with Crippen LogP contribution in [0.5, 0.6) is 0 Å². The molecule has 0 amide bonds. The topological polar surface area (TPSA) is 61.4 Å². The third-order valence-corrected chi connectivity index (χ3v) is 8.73. The molecule has 5 rings (SSSR count). The van der Waals surface area contributed by atoms with Gasteiger partial charge in [-0.3, -0.25) is 20.2 Å². The summed E-state index contributed by atoms with van der Waals surface area (Å²) < 4.78 is 3.68. The molecule has 214 valence electrons. The van der Waals surface area contributed by atoms with Gasteiger partial charge in [-0.15, -0.1) is 11.1 Å². The molecule has 0 saturated carbocycles. The number of pyridine rings is 2. The van der Waals surface area contributed by atoms with Crippen molar-refractivity contribution >= 4 is 0 Å². The molecule has 0 aromatic carbocycles. The van der Waals surface area contributed by atoms with Crippen molar-refractivity contribution in [3.05, 3.63) is 82.7 Å². The van der Waals surface area contributed by atoms with E-state index in [1.54, 1.807) is 0 Å². The first-order valence-electron chi connectivity index (χ1n) is 13.9. The van der Waals surface area contributed by atoms with Crippen LogP contribution >= 0.6 is 0 Å². The predicted octanol–water partition coefficient (Wildman–Crippen LogP) is 6.94. The molecule has 0 saturated heterocycles. The Balaban J connectivity index is 0.00000370. The number of fused-ring (bicyclic) bond motifs is 10. The molecule has 0 fully saturated rings. The molecule has 4 aromatic heterocycles. The summed E-state index contributed by atoms with van der Waals surface area (Å²) in [5.74, 6) is 1.51. The van der Waals surface area contributed by atoms with Gasteiger partial charge in [0.2, 0.25) is 0 Å². The molecular formula is C33H42N6Pt. The first kappa shape index (κ1) is 30.4. The van der Waals surface area contributed by atoms with Crippen LogP contribution in [0.1, 0.15) is 117 Å². The molecule has 6 nitrogen and oxygen atoms in total. The summed E-state index contributed by atoms with van der Waals surface area (Å²) in [6.07, 6.45) is 7.38. The summed E-state index contributed by atoms with van der Waals surface area (Å²) in [5, 5.41) is 10.3. The van der Waals surface area contributed by atoms with Crippen molar-refractivity contribution in [1.29, 1.82) is 0 Å². The summed E-state index contributed by atoms with van der Waals surface area (Å²) >= 11 is 0. The number of hydrogen-bond donors (Lipinski definition) is 0. The molecule has 0 unspecified atom stereocenters. The van der Waals surface area contributed by atoms with Crippen LogP contribution in [-0.2, 0) is 48.1 Å². The Morgan fingerprint density at radius 1 is 0.600 bits per heavy atom. The Hall–Kier alpha value is -2.59. The van der Waals surface area contributed by atoms with Gasteiger partial charge >= 0.3 is 21.1 Å². The van der Waals surface area contributed by atoms with Crippen LogP contribution in [0.15, 0.2) is 36.4 Å². The molecule has 1 aliphatic heterocycles. The first-order valence-corrected chi connectivity index (χ1v) is 13.9. The summed E-state index contributed by atoms with van der Waals surface area (Å²) in [7, 11) is 0. The van der Waals surface area contributed by atoms with E-state index in [2.05, 4.69) is 108 Å². The van der Waals surface area contributed by atoms with Gasteiger partial charge in [0.25, 0.3) is 0 Å². The zero-order valence-corrected chi connectivity index (χ0v) is 28.2. The van der Waals surface area contributed by atoms with Crippen molar-refractivity contribution in [2.45, 2.75) is 110 Å². The summed E-state index contributed by atoms with van der Waals surface area (Å²) in [4.78, 5) is 10.2. The maximum absolute atomic E-state index is 5.14. The van der Waals surface area contributed by atoms with E-state index in [4.69, 9.17) is 20.2 Å². The van der Waals surface area contributed by atoms with E-state index in [1.807, 2.05) is 33.6 Å². The monoisotopic (exact) mass is 717 g/mol. The second-order valence-electron chi connectivity index (χ2n) is 14.6. The van der Waals surface area contributed by atoms with Crippen molar-refractivity contribution in [2.75, 3.05) is 0 Å². The summed E-state index contributed by atoms with van der Waals surface area (Å²) in [5.41, 5.74) is 4.49. The van der Waals surface area contributed by atoms with Gasteiger partial charge in [-0.25, -0.2) is 0 Å². The number of hydrogen-bond acceptors (Lipinski definition) is 4. The average Bonchev–Trinajstić information content (AvgIpc) is 3.50. The van der Waals surface area contributed by atoms with Crippen molar-refractivity contribution in [2.24, 2.45) is 0 Å². The van der Waals surface area contributed by atoms with Gasteiger partial charge in [0.15, 0.2) is 0 Å². The first-order chi connectivity index (χ1) is 17.8. The van der Waals surface area contributed by atoms with Crippen molar-refractivity contribution in [3.8, 4) is 11.6 Å². The van der Waals surface area contributed by atoms with E-state index in [0.29, 0.717) is 0 Å². The molecule has 40 heavy (non-hydrogen) atoms. The predicted molar refractivity (Wildman–Crippen MR) is 156 cm³/mol. The Morgan fingerprint density at radius 2 is 0.950 bits per heavy atom. The third kappa shape index (κ3) is 4.70. The molecule has 1 aliphatic rings. The average molecular weight is 718 g/mol. The molecule has 0 spiro atoms. The number of rotatable bonds is 0. The van der Waals surface area contributed by atoms with Crippen molar-refractivity contribution in [1.82, 2.24) is 29.5 Å². The fraction of sp³-hybridized carbons (Fsp3) is 0.515. The Bertz CT molecular complexity index is 1440. The molecular weight excluding hydrogens is 675 g/mol. The van der Waals surface area contributed by atoms with E-state index in [9.17, 15) is 0 Å². The minimum atomic E-state index is -0.448. The van der Waals surface area contributed by atoms with E-state index in [1.165, 1.54) is 0 Å². The van der Waals surface area contributed by atoms with E-state index >= 15 is 0 Å². The zero-order chi connectivity index (χ0) is 28.8. The van der Waals surface area contributed by atoms with Crippen LogP contribution in [0.4, 0.5) is 0 Å². The van der Waals surface area contributed by atoms with E-state index in [0.717, 1.165) is 45.5 Å². The van der Waals surface area contributed by atoms with Crippen molar-refractivity contribution in [3.63, 3.8) is 0 Å². The largest absolute Gasteiger partial charge is 2.00 e. The molecule has 0 radical (unpaired) electrons. The molecule has 8 bridgehead atoms. The normalized spacial score (nSPS) is 17.4. The Kier molecular flexibility index (Phi) is 7.19. The molecule has 0 atom stereocenters. The maximum atomic E-state index is 5.14. The molecule has 7 heteroatoms. The van der Waals surface area contributed by atoms with Crippen LogP contribution in [0.25, 0.3) is 11.6 Å². The Morgan fingerprint density at radius 3 is 1.27 bits per heavy atom. The summed E-state index contributed by atoms with van der Waals surface area (Å²) in [6, 6.07) is 12.2. The fourth-order valence-electron chi connectivity index (χ4n) is 5.34. The molecule has 5 heterocycles. The zero-order valence-electron chi connectivity index (χ0n) is 26.0. The second-order valence-corrected chi connectivity index (χ2v) is 14.6. The van der Waals surface area contributed by atoms with Crippen LogP contribution in [0.2, 0.25) is 0 Å². The van der Waals surface area contributed by atoms with Crippen molar-refractivity contribution < 1.29 is 21.1 Å². The standard InChI is InChI=1S/C33H42N6.Pt/c1-29(2,3)27-21-19-38(36-27)25-17-13-15-23(34-25)31(7,8)24-16-14-18-26(35-24)39-20-22(28(37-39)30(4,5)6)33(11,12)32(21,9)10;/h13-18H,1-12H3;/q-2;+2. The maximum Gasteiger partial charge on any atom is 2.00 e. The SMILES string of the molecule is CC(C)(C)c1nn2[c-]c1C(C)(C)C(C)(C)c1[c-]n(nc1C(C)(C)C)-c1cccc(n1)C(C)(C)c1cccc-2n1.[Pt+2]. The van der Waals surface area contributed by atoms with Gasteiger partial charge < -0.3 is 9.36 Å². The second kappa shape index (κ2) is 9.48. The van der Waals surface area contributed by atoms with Crippen LogP contribution in [-0.4, -0.2) is 29.5 Å². The van der Waals surface area contributed by atoms with Crippen LogP contribution in [0.3, 0.4) is 0 Å². The molecule has 4 aromatic rings. The van der Waals surface area contributed by atoms with Gasteiger partial charge in [-0.05, 0) is 59.0 Å². The van der Waals surface area contributed by atoms with Crippen LogP contribution < -0.4 is 0 Å². The fourth-order valence-corrected chi connectivity index (χ4v) is 5.34. The van der Waals surface area contributed by atoms with Crippen LogP contribution in [0, 0.1) is 12.4 Å². The van der Waals surface area contributed by atoms with E-state index in [-0.39, 0.29) is 42.7 Å². The van der Waals surface area contributed by atoms with Gasteiger partial charge in [0, 0.05) is 16.8 Å².